The van der Waals surface area contributed by atoms with Crippen LogP contribution in [0.3, 0.4) is 0 Å². The van der Waals surface area contributed by atoms with E-state index in [1.54, 1.807) is 17.0 Å². The number of nitrogens with zero attached hydrogens (tertiary/aromatic N) is 7. The van der Waals surface area contributed by atoms with Crippen LogP contribution in [-0.4, -0.2) is 90.5 Å². The van der Waals surface area contributed by atoms with Gasteiger partial charge in [-0.1, -0.05) is 18.7 Å². The molecule has 3 aliphatic heterocycles. The topological polar surface area (TPSA) is 98.1 Å². The number of likely N-dealkylation sites (N-methyl/N-ethyl adjacent to an activating group) is 1. The van der Waals surface area contributed by atoms with E-state index in [9.17, 15) is 23.2 Å². The molecular formula is C29H34F3N7O3. The zero-order chi connectivity index (χ0) is 29.9. The molecule has 2 saturated heterocycles. The predicted molar refractivity (Wildman–Crippen MR) is 149 cm³/mol. The van der Waals surface area contributed by atoms with Gasteiger partial charge in [-0.3, -0.25) is 4.79 Å². The monoisotopic (exact) mass is 585 g/mol. The molecule has 1 unspecified atom stereocenters. The van der Waals surface area contributed by atoms with E-state index in [1.807, 2.05) is 4.90 Å². The van der Waals surface area contributed by atoms with Crippen LogP contribution in [0.5, 0.6) is 11.8 Å². The van der Waals surface area contributed by atoms with Crippen molar-refractivity contribution in [3.05, 3.63) is 48.2 Å². The Morgan fingerprint density at radius 2 is 1.98 bits per heavy atom. The van der Waals surface area contributed by atoms with Gasteiger partial charge in [0.25, 0.3) is 0 Å². The minimum absolute atomic E-state index is 0.157. The normalized spacial score (nSPS) is 21.1. The van der Waals surface area contributed by atoms with Gasteiger partial charge < -0.3 is 29.1 Å². The SMILES string of the molecule is C=CC(=O)N1CCN(c2nc(OC[C@@H]3CCCN3C)nc3c2CCN(c2ccccc2OC(F)(F)F)C3)CC1CC#N. The molecule has 224 valence electrons. The van der Waals surface area contributed by atoms with E-state index in [2.05, 4.69) is 34.2 Å². The Morgan fingerprint density at radius 3 is 2.69 bits per heavy atom. The van der Waals surface area contributed by atoms with Crippen LogP contribution in [0.2, 0.25) is 0 Å². The Kier molecular flexibility index (Phi) is 8.72. The second kappa shape index (κ2) is 12.4. The lowest BCUT2D eigenvalue weighted by Gasteiger charge is -2.42. The first-order chi connectivity index (χ1) is 20.2. The summed E-state index contributed by atoms with van der Waals surface area (Å²) in [7, 11) is 2.05. The van der Waals surface area contributed by atoms with Crippen LogP contribution >= 0.6 is 0 Å². The zero-order valence-corrected chi connectivity index (χ0v) is 23.5. The van der Waals surface area contributed by atoms with E-state index < -0.39 is 6.36 Å². The number of ether oxygens (including phenoxy) is 2. The third kappa shape index (κ3) is 6.54. The lowest BCUT2D eigenvalue weighted by Crippen LogP contribution is -2.55. The van der Waals surface area contributed by atoms with Gasteiger partial charge in [0.1, 0.15) is 12.4 Å². The van der Waals surface area contributed by atoms with Crippen LogP contribution in [0.25, 0.3) is 0 Å². The van der Waals surface area contributed by atoms with Gasteiger partial charge in [0.05, 0.1) is 36.5 Å². The number of halogens is 3. The first kappa shape index (κ1) is 29.4. The third-order valence-electron chi connectivity index (χ3n) is 8.10. The Hall–Kier alpha value is -4.05. The largest absolute Gasteiger partial charge is 0.573 e. The highest BCUT2D eigenvalue weighted by atomic mass is 19.4. The van der Waals surface area contributed by atoms with E-state index in [1.165, 1.54) is 18.2 Å². The van der Waals surface area contributed by atoms with Crippen molar-refractivity contribution in [3.8, 4) is 17.8 Å². The van der Waals surface area contributed by atoms with E-state index in [0.717, 1.165) is 24.9 Å². The summed E-state index contributed by atoms with van der Waals surface area (Å²) in [6.45, 7) is 6.93. The van der Waals surface area contributed by atoms with Gasteiger partial charge in [0.2, 0.25) is 5.91 Å². The third-order valence-corrected chi connectivity index (χ3v) is 8.10. The molecule has 5 rings (SSSR count). The molecule has 2 atom stereocenters. The average Bonchev–Trinajstić information content (AvgIpc) is 3.39. The molecule has 1 aromatic heterocycles. The van der Waals surface area contributed by atoms with Gasteiger partial charge in [-0.2, -0.15) is 15.2 Å². The molecule has 42 heavy (non-hydrogen) atoms. The van der Waals surface area contributed by atoms with Crippen LogP contribution in [0.1, 0.15) is 30.5 Å². The van der Waals surface area contributed by atoms with Crippen molar-refractivity contribution >= 4 is 17.4 Å². The Balaban J connectivity index is 1.46. The summed E-state index contributed by atoms with van der Waals surface area (Å²) in [5.74, 6) is 0.174. The summed E-state index contributed by atoms with van der Waals surface area (Å²) in [6.07, 6.45) is -0.831. The van der Waals surface area contributed by atoms with Crippen molar-refractivity contribution in [2.45, 2.75) is 50.7 Å². The van der Waals surface area contributed by atoms with Crippen molar-refractivity contribution < 1.29 is 27.4 Å². The van der Waals surface area contributed by atoms with Gasteiger partial charge >= 0.3 is 12.4 Å². The highest BCUT2D eigenvalue weighted by Crippen LogP contribution is 2.37. The maximum atomic E-state index is 13.1. The van der Waals surface area contributed by atoms with Gasteiger partial charge in [-0.25, -0.2) is 0 Å². The summed E-state index contributed by atoms with van der Waals surface area (Å²) < 4.78 is 49.8. The Bertz CT molecular complexity index is 1350. The van der Waals surface area contributed by atoms with Crippen LogP contribution < -0.4 is 19.3 Å². The highest BCUT2D eigenvalue weighted by molar-refractivity contribution is 5.87. The number of benzene rings is 1. The number of piperazine rings is 1. The maximum absolute atomic E-state index is 13.1. The number of likely N-dealkylation sites (tertiary alicyclic amines) is 1. The summed E-state index contributed by atoms with van der Waals surface area (Å²) in [5, 5.41) is 9.44. The summed E-state index contributed by atoms with van der Waals surface area (Å²) in [5.41, 5.74) is 1.86. The number of fused-ring (bicyclic) bond motifs is 1. The Morgan fingerprint density at radius 1 is 1.17 bits per heavy atom. The van der Waals surface area contributed by atoms with Crippen molar-refractivity contribution in [1.29, 1.82) is 5.26 Å². The smallest absolute Gasteiger partial charge is 0.462 e. The molecule has 2 fully saturated rings. The fourth-order valence-electron chi connectivity index (χ4n) is 5.95. The van der Waals surface area contributed by atoms with Crippen molar-refractivity contribution in [3.63, 3.8) is 0 Å². The van der Waals surface area contributed by atoms with Crippen LogP contribution in [-0.2, 0) is 17.8 Å². The summed E-state index contributed by atoms with van der Waals surface area (Å²) in [4.78, 5) is 29.8. The number of hydrogen-bond donors (Lipinski definition) is 0. The second-order valence-electron chi connectivity index (χ2n) is 10.7. The van der Waals surface area contributed by atoms with Crippen molar-refractivity contribution in [1.82, 2.24) is 19.8 Å². The quantitative estimate of drug-likeness (QED) is 0.431. The van der Waals surface area contributed by atoms with Gasteiger partial charge in [0.15, 0.2) is 5.75 Å². The molecule has 0 spiro atoms. The summed E-state index contributed by atoms with van der Waals surface area (Å²) in [6, 6.07) is 8.35. The number of anilines is 2. The molecule has 13 heteroatoms. The van der Waals surface area contributed by atoms with Gasteiger partial charge in [0, 0.05) is 37.8 Å². The number of para-hydroxylation sites is 2. The van der Waals surface area contributed by atoms with Gasteiger partial charge in [-0.15, -0.1) is 13.2 Å². The number of amides is 1. The predicted octanol–water partition coefficient (Wildman–Crippen LogP) is 3.53. The molecule has 2 aromatic rings. The van der Waals surface area contributed by atoms with Crippen molar-refractivity contribution in [2.75, 3.05) is 56.2 Å². The average molecular weight is 586 g/mol. The van der Waals surface area contributed by atoms with Crippen molar-refractivity contribution in [2.24, 2.45) is 0 Å². The standard InChI is InChI=1S/C29H34F3N7O3/c1-3-26(40)39-16-15-38(17-20(39)10-12-33)27-22-11-14-37(24-8-4-5-9-25(24)42-29(30,31)32)18-23(22)34-28(35-27)41-19-21-7-6-13-36(21)2/h3-5,8-9,20-21H,1,6-7,10-11,13-19H2,2H3/t20?,21-/m0/s1. The lowest BCUT2D eigenvalue weighted by molar-refractivity contribution is -0.274. The molecule has 0 radical (unpaired) electrons. The lowest BCUT2D eigenvalue weighted by atomic mass is 10.0. The first-order valence-corrected chi connectivity index (χ1v) is 14.0. The second-order valence-corrected chi connectivity index (χ2v) is 10.7. The summed E-state index contributed by atoms with van der Waals surface area (Å²) >= 11 is 0. The molecule has 1 amide bonds. The van der Waals surface area contributed by atoms with Crippen LogP contribution in [0, 0.1) is 11.3 Å². The maximum Gasteiger partial charge on any atom is 0.573 e. The fourth-order valence-corrected chi connectivity index (χ4v) is 5.95. The molecule has 3 aliphatic rings. The number of aromatic nitrogens is 2. The number of nitriles is 1. The minimum Gasteiger partial charge on any atom is -0.462 e. The number of rotatable bonds is 8. The number of carbonyl (C=O) groups excluding carboxylic acids is 1. The van der Waals surface area contributed by atoms with Crippen LogP contribution in [0.4, 0.5) is 24.7 Å². The van der Waals surface area contributed by atoms with E-state index in [0.29, 0.717) is 56.4 Å². The zero-order valence-electron chi connectivity index (χ0n) is 23.5. The molecule has 0 N–H and O–H groups in total. The number of hydrogen-bond acceptors (Lipinski definition) is 9. The fraction of sp³-hybridized carbons (Fsp3) is 0.517. The molecule has 0 saturated carbocycles. The number of alkyl halides is 3. The van der Waals surface area contributed by atoms with E-state index >= 15 is 0 Å². The molecule has 4 heterocycles. The Labute approximate surface area is 242 Å². The van der Waals surface area contributed by atoms with Crippen LogP contribution in [0.15, 0.2) is 36.9 Å². The highest BCUT2D eigenvalue weighted by Gasteiger charge is 2.35. The first-order valence-electron chi connectivity index (χ1n) is 14.0. The number of carbonyl (C=O) groups is 1. The molecule has 0 bridgehead atoms. The molecule has 10 nitrogen and oxygen atoms in total. The van der Waals surface area contributed by atoms with E-state index in [4.69, 9.17) is 14.7 Å². The minimum atomic E-state index is -4.82. The molecule has 0 aliphatic carbocycles. The molecule has 1 aromatic carbocycles. The molecular weight excluding hydrogens is 551 g/mol. The van der Waals surface area contributed by atoms with Gasteiger partial charge in [-0.05, 0) is 51.1 Å². The van der Waals surface area contributed by atoms with E-state index in [-0.39, 0.29) is 42.7 Å².